The Kier molecular flexibility index (Phi) is 7.70. The number of aromatic hydroxyl groups is 1. The van der Waals surface area contributed by atoms with Crippen LogP contribution in [0.4, 0.5) is 0 Å². The Morgan fingerprint density at radius 3 is 2.65 bits per heavy atom. The highest BCUT2D eigenvalue weighted by atomic mass is 35.5. The molecule has 0 heterocycles. The van der Waals surface area contributed by atoms with E-state index in [1.54, 1.807) is 12.1 Å². The van der Waals surface area contributed by atoms with E-state index in [1.165, 1.54) is 7.11 Å². The summed E-state index contributed by atoms with van der Waals surface area (Å²) in [7, 11) is 1.53. The second kappa shape index (κ2) is 8.17. The van der Waals surface area contributed by atoms with E-state index >= 15 is 0 Å². The molecule has 0 aliphatic heterocycles. The Bertz CT molecular complexity index is 334. The molecule has 0 unspecified atom stereocenters. The number of unbranched alkanes of at least 4 members (excludes halogenated alkanes) is 1. The van der Waals surface area contributed by atoms with Crippen LogP contribution in [0.15, 0.2) is 18.2 Å². The molecule has 0 aliphatic carbocycles. The summed E-state index contributed by atoms with van der Waals surface area (Å²) in [6, 6.07) is 5.19. The number of rotatable bonds is 6. The maximum Gasteiger partial charge on any atom is 0.160 e. The van der Waals surface area contributed by atoms with E-state index < -0.39 is 0 Å². The molecule has 0 aliphatic rings. The van der Waals surface area contributed by atoms with Gasteiger partial charge in [0, 0.05) is 6.04 Å². The number of halogens is 1. The Morgan fingerprint density at radius 1 is 1.35 bits per heavy atom. The summed E-state index contributed by atoms with van der Waals surface area (Å²) in [5.74, 6) is 0.604. The van der Waals surface area contributed by atoms with Gasteiger partial charge in [0.05, 0.1) is 7.11 Å². The number of nitrogens with two attached hydrogens (primary N) is 2. The molecule has 1 atom stereocenters. The van der Waals surface area contributed by atoms with Crippen molar-refractivity contribution in [2.24, 2.45) is 11.5 Å². The molecule has 4 nitrogen and oxygen atoms in total. The molecule has 17 heavy (non-hydrogen) atoms. The van der Waals surface area contributed by atoms with Gasteiger partial charge in [-0.2, -0.15) is 0 Å². The topological polar surface area (TPSA) is 81.5 Å². The normalized spacial score (nSPS) is 11.7. The summed E-state index contributed by atoms with van der Waals surface area (Å²) in [5, 5.41) is 9.45. The summed E-state index contributed by atoms with van der Waals surface area (Å²) < 4.78 is 5.04. The van der Waals surface area contributed by atoms with Crippen LogP contribution in [0.25, 0.3) is 0 Å². The quantitative estimate of drug-likeness (QED) is 0.683. The zero-order valence-corrected chi connectivity index (χ0v) is 10.9. The van der Waals surface area contributed by atoms with Crippen molar-refractivity contribution in [1.82, 2.24) is 0 Å². The van der Waals surface area contributed by atoms with Gasteiger partial charge in [-0.1, -0.05) is 12.5 Å². The van der Waals surface area contributed by atoms with Gasteiger partial charge in [-0.05, 0) is 37.1 Å². The van der Waals surface area contributed by atoms with Crippen LogP contribution >= 0.6 is 12.4 Å². The Hall–Kier alpha value is -0.970. The van der Waals surface area contributed by atoms with Gasteiger partial charge < -0.3 is 21.3 Å². The smallest absolute Gasteiger partial charge is 0.160 e. The lowest BCUT2D eigenvalue weighted by Gasteiger charge is -2.13. The molecule has 5 heteroatoms. The number of hydrogen-bond donors (Lipinski definition) is 3. The number of phenolic OH excluding ortho intramolecular Hbond substituents is 1. The second-order valence-electron chi connectivity index (χ2n) is 3.82. The molecule has 1 aromatic carbocycles. The van der Waals surface area contributed by atoms with Gasteiger partial charge in [0.1, 0.15) is 0 Å². The van der Waals surface area contributed by atoms with Crippen LogP contribution < -0.4 is 16.2 Å². The molecule has 1 aromatic rings. The van der Waals surface area contributed by atoms with Crippen molar-refractivity contribution in [3.8, 4) is 11.5 Å². The molecule has 1 rings (SSSR count). The zero-order chi connectivity index (χ0) is 12.0. The van der Waals surface area contributed by atoms with E-state index in [1.807, 2.05) is 6.07 Å². The molecule has 0 saturated carbocycles. The predicted octanol–water partition coefficient (Wildman–Crippen LogP) is 1.95. The molecule has 0 radical (unpaired) electrons. The zero-order valence-electron chi connectivity index (χ0n) is 10.1. The first-order valence-corrected chi connectivity index (χ1v) is 5.51. The van der Waals surface area contributed by atoms with Crippen LogP contribution in [-0.2, 0) is 0 Å². The Morgan fingerprint density at radius 2 is 2.06 bits per heavy atom. The van der Waals surface area contributed by atoms with E-state index in [0.29, 0.717) is 12.3 Å². The van der Waals surface area contributed by atoms with Crippen molar-refractivity contribution in [3.63, 3.8) is 0 Å². The maximum atomic E-state index is 9.45. The van der Waals surface area contributed by atoms with E-state index in [0.717, 1.165) is 24.8 Å². The van der Waals surface area contributed by atoms with Crippen LogP contribution in [0.5, 0.6) is 11.5 Å². The largest absolute Gasteiger partial charge is 0.504 e. The Balaban J connectivity index is 0.00000256. The summed E-state index contributed by atoms with van der Waals surface area (Å²) in [6.45, 7) is 0.700. The standard InChI is InChI=1S/C12H20N2O2.ClH/c1-16-12-8-9(5-6-11(12)15)10(14)4-2-3-7-13;/h5-6,8,10,15H,2-4,7,13-14H2,1H3;1H/t10-;/m1./s1. The lowest BCUT2D eigenvalue weighted by Crippen LogP contribution is -2.11. The van der Waals surface area contributed by atoms with Crippen molar-refractivity contribution < 1.29 is 9.84 Å². The van der Waals surface area contributed by atoms with Crippen molar-refractivity contribution in [2.75, 3.05) is 13.7 Å². The molecule has 98 valence electrons. The number of methoxy groups -OCH3 is 1. The van der Waals surface area contributed by atoms with Gasteiger partial charge in [0.2, 0.25) is 0 Å². The summed E-state index contributed by atoms with van der Waals surface area (Å²) in [4.78, 5) is 0. The number of phenols is 1. The van der Waals surface area contributed by atoms with Crippen LogP contribution in [0.2, 0.25) is 0 Å². The Labute approximate surface area is 108 Å². The molecule has 0 amide bonds. The molecular formula is C12H21ClN2O2. The summed E-state index contributed by atoms with van der Waals surface area (Å²) in [5.41, 5.74) is 12.4. The van der Waals surface area contributed by atoms with Gasteiger partial charge in [-0.15, -0.1) is 12.4 Å². The minimum Gasteiger partial charge on any atom is -0.504 e. The fourth-order valence-electron chi connectivity index (χ4n) is 1.60. The lowest BCUT2D eigenvalue weighted by atomic mass is 10.0. The third-order valence-electron chi connectivity index (χ3n) is 2.60. The molecule has 0 bridgehead atoms. The monoisotopic (exact) mass is 260 g/mol. The third-order valence-corrected chi connectivity index (χ3v) is 2.60. The number of ether oxygens (including phenoxy) is 1. The van der Waals surface area contributed by atoms with Crippen molar-refractivity contribution in [2.45, 2.75) is 25.3 Å². The van der Waals surface area contributed by atoms with Crippen molar-refractivity contribution in [1.29, 1.82) is 0 Å². The molecular weight excluding hydrogens is 240 g/mol. The first-order valence-electron chi connectivity index (χ1n) is 5.51. The molecule has 0 aromatic heterocycles. The van der Waals surface area contributed by atoms with E-state index in [2.05, 4.69) is 0 Å². The van der Waals surface area contributed by atoms with Gasteiger partial charge in [-0.3, -0.25) is 0 Å². The van der Waals surface area contributed by atoms with E-state index in [4.69, 9.17) is 16.2 Å². The fraction of sp³-hybridized carbons (Fsp3) is 0.500. The molecule has 0 fully saturated rings. The average Bonchev–Trinajstić information content (AvgIpc) is 2.30. The highest BCUT2D eigenvalue weighted by Crippen LogP contribution is 2.29. The number of benzene rings is 1. The summed E-state index contributed by atoms with van der Waals surface area (Å²) in [6.07, 6.45) is 2.90. The van der Waals surface area contributed by atoms with Crippen molar-refractivity contribution in [3.05, 3.63) is 23.8 Å². The van der Waals surface area contributed by atoms with Gasteiger partial charge in [0.15, 0.2) is 11.5 Å². The maximum absolute atomic E-state index is 9.45. The second-order valence-corrected chi connectivity index (χ2v) is 3.82. The van der Waals surface area contributed by atoms with E-state index in [9.17, 15) is 5.11 Å². The van der Waals surface area contributed by atoms with Gasteiger partial charge >= 0.3 is 0 Å². The molecule has 5 N–H and O–H groups in total. The van der Waals surface area contributed by atoms with Gasteiger partial charge in [0.25, 0.3) is 0 Å². The summed E-state index contributed by atoms with van der Waals surface area (Å²) >= 11 is 0. The average molecular weight is 261 g/mol. The third kappa shape index (κ3) is 4.81. The molecule has 0 spiro atoms. The SMILES string of the molecule is COc1cc([C@H](N)CCCCN)ccc1O.Cl. The van der Waals surface area contributed by atoms with Crippen LogP contribution in [-0.4, -0.2) is 18.8 Å². The van der Waals surface area contributed by atoms with E-state index in [-0.39, 0.29) is 24.2 Å². The molecule has 0 saturated heterocycles. The van der Waals surface area contributed by atoms with Gasteiger partial charge in [-0.25, -0.2) is 0 Å². The number of hydrogen-bond acceptors (Lipinski definition) is 4. The van der Waals surface area contributed by atoms with Crippen LogP contribution in [0, 0.1) is 0 Å². The highest BCUT2D eigenvalue weighted by Gasteiger charge is 2.09. The van der Waals surface area contributed by atoms with Crippen LogP contribution in [0.3, 0.4) is 0 Å². The highest BCUT2D eigenvalue weighted by molar-refractivity contribution is 5.85. The first-order chi connectivity index (χ1) is 7.69. The lowest BCUT2D eigenvalue weighted by molar-refractivity contribution is 0.372. The predicted molar refractivity (Wildman–Crippen MR) is 71.7 cm³/mol. The van der Waals surface area contributed by atoms with Crippen LogP contribution in [0.1, 0.15) is 30.9 Å². The minimum atomic E-state index is -0.0268. The fourth-order valence-corrected chi connectivity index (χ4v) is 1.60. The van der Waals surface area contributed by atoms with Crippen molar-refractivity contribution >= 4 is 12.4 Å². The minimum absolute atomic E-state index is 0. The first kappa shape index (κ1) is 16.0.